The molecule has 0 spiro atoms. The van der Waals surface area contributed by atoms with Crippen molar-refractivity contribution in [3.8, 4) is 22.9 Å². The van der Waals surface area contributed by atoms with Gasteiger partial charge >= 0.3 is 17.3 Å². The molecule has 0 saturated heterocycles. The summed E-state index contributed by atoms with van der Waals surface area (Å²) in [4.78, 5) is 190. The second-order valence-electron chi connectivity index (χ2n) is 26.6. The smallest absolute Gasteiger partial charge is 0.356 e. The number of benzene rings is 3. The minimum absolute atomic E-state index is 0.0179. The van der Waals surface area contributed by atoms with Crippen LogP contribution in [0.15, 0.2) is 148 Å². The number of carboxylic acids is 1. The summed E-state index contributed by atoms with van der Waals surface area (Å²) in [7, 11) is 0. The Morgan fingerprint density at radius 3 is 1.91 bits per heavy atom. The number of phenols is 1. The van der Waals surface area contributed by atoms with Crippen molar-refractivity contribution in [3.63, 3.8) is 0 Å². The van der Waals surface area contributed by atoms with E-state index in [0.29, 0.717) is 35.4 Å². The number of phenolic OH excluding ortho intramolecular Hbond substituents is 1. The van der Waals surface area contributed by atoms with Gasteiger partial charge in [0.25, 0.3) is 0 Å². The lowest BCUT2D eigenvalue weighted by atomic mass is 9.98. The van der Waals surface area contributed by atoms with Crippen LogP contribution in [0.3, 0.4) is 0 Å². The maximum absolute atomic E-state index is 14.8. The molecule has 612 valence electrons. The fourth-order valence-corrected chi connectivity index (χ4v) is 11.3. The van der Waals surface area contributed by atoms with Crippen LogP contribution in [0.2, 0.25) is 0 Å². The van der Waals surface area contributed by atoms with Gasteiger partial charge in [0.15, 0.2) is 5.96 Å². The average molecular weight is 1580 g/mol. The number of nitrogens with zero attached hydrogens (tertiary/aromatic N) is 6. The van der Waals surface area contributed by atoms with Gasteiger partial charge in [0.1, 0.15) is 65.5 Å². The Hall–Kier alpha value is -13.4. The molecular weight excluding hydrogens is 1480 g/mol. The van der Waals surface area contributed by atoms with Crippen LogP contribution in [-0.4, -0.2) is 211 Å². The normalized spacial score (nSPS) is 15.2. The van der Waals surface area contributed by atoms with Crippen LogP contribution in [-0.2, 0) is 72.0 Å². The Labute approximate surface area is 652 Å². The molecule has 10 amide bonds. The summed E-state index contributed by atoms with van der Waals surface area (Å²) < 4.78 is 6.96. The van der Waals surface area contributed by atoms with Crippen molar-refractivity contribution in [1.82, 2.24) is 82.8 Å². The number of H-pyrrole nitrogens is 2. The Balaban J connectivity index is 1.19. The van der Waals surface area contributed by atoms with Gasteiger partial charge in [-0.2, -0.15) is 4.68 Å². The first-order chi connectivity index (χ1) is 54.5. The summed E-state index contributed by atoms with van der Waals surface area (Å²) in [6.45, 7) is 6.14. The van der Waals surface area contributed by atoms with Gasteiger partial charge < -0.3 is 106 Å². The number of rotatable bonds is 46. The molecule has 0 bridgehead atoms. The van der Waals surface area contributed by atoms with E-state index >= 15 is 0 Å². The molecule has 0 aliphatic carbocycles. The molecule has 25 N–H and O–H groups in total. The number of primary amides is 1. The van der Waals surface area contributed by atoms with Crippen molar-refractivity contribution >= 4 is 71.0 Å². The Morgan fingerprint density at radius 2 is 1.31 bits per heavy atom. The van der Waals surface area contributed by atoms with Crippen molar-refractivity contribution < 1.29 is 72.8 Å². The summed E-state index contributed by atoms with van der Waals surface area (Å²) in [6.07, 6.45) is 9.21. The topological polar surface area (TPSA) is 655 Å². The molecular formula is C73H98N24O17. The zero-order valence-corrected chi connectivity index (χ0v) is 62.7. The van der Waals surface area contributed by atoms with Crippen LogP contribution >= 0.6 is 0 Å². The Kier molecular flexibility index (Phi) is 35.9. The van der Waals surface area contributed by atoms with Gasteiger partial charge in [-0.05, 0) is 115 Å². The highest BCUT2D eigenvalue weighted by molar-refractivity contribution is 5.99. The summed E-state index contributed by atoms with van der Waals surface area (Å²) in [5.74, 6) is -12.3. The van der Waals surface area contributed by atoms with Crippen LogP contribution in [0, 0.1) is 11.3 Å². The maximum Gasteiger partial charge on any atom is 0.356 e. The number of nitrogens with one attached hydrogen (secondary N) is 14. The van der Waals surface area contributed by atoms with Gasteiger partial charge in [0.05, 0.1) is 50.1 Å². The fraction of sp³-hybridized carbons (Fsp3) is 0.411. The maximum atomic E-state index is 14.8. The minimum Gasteiger partial charge on any atom is -0.506 e. The van der Waals surface area contributed by atoms with E-state index in [1.807, 2.05) is 6.08 Å². The van der Waals surface area contributed by atoms with E-state index in [1.54, 1.807) is 68.6 Å². The number of aliphatic hydroxyl groups is 1. The molecule has 41 nitrogen and oxygen atoms in total. The van der Waals surface area contributed by atoms with Gasteiger partial charge in [-0.25, -0.2) is 29.0 Å². The molecule has 2 aromatic heterocycles. The highest BCUT2D eigenvalue weighted by atomic mass is 16.5. The van der Waals surface area contributed by atoms with Crippen LogP contribution in [0.1, 0.15) is 82.0 Å². The first-order valence-corrected chi connectivity index (χ1v) is 36.3. The molecule has 0 saturated carbocycles. The number of aliphatic hydroxyl groups excluding tert-OH is 1. The number of aromatic nitrogens is 5. The first-order valence-electron chi connectivity index (χ1n) is 36.3. The number of allylic oxidation sites excluding steroid dienone is 4. The number of carboxylic acid groups (broad SMARTS) is 1. The molecule has 1 aliphatic heterocycles. The monoisotopic (exact) mass is 1580 g/mol. The average Bonchev–Trinajstić information content (AvgIpc) is 1.63. The zero-order valence-electron chi connectivity index (χ0n) is 62.7. The van der Waals surface area contributed by atoms with Crippen molar-refractivity contribution in [1.29, 1.82) is 5.41 Å². The second-order valence-corrected chi connectivity index (χ2v) is 26.6. The highest BCUT2D eigenvalue weighted by Gasteiger charge is 2.36. The largest absolute Gasteiger partial charge is 0.506 e. The van der Waals surface area contributed by atoms with Crippen molar-refractivity contribution in [2.45, 2.75) is 139 Å². The van der Waals surface area contributed by atoms with Crippen LogP contribution in [0.5, 0.6) is 11.5 Å². The number of hydrogen-bond acceptors (Lipinski definition) is 22. The number of amides is 10. The molecule has 5 aromatic rings. The number of azide groups is 1. The standard InChI is InChI=1S/C73H98N24O17/c1-41(2)61(76)69(109)92-53(34-45-36-80-27-11-5-6-13-42(45)3)66(106)93-56(39-98)68(108)89-51(23-25-59(75)100)65(105)87-49(16-9-10-26-74)63(103)88-50(17-12-28-82-71(77)78)64(104)91-54(35-46-37-81-40-84-46)67(107)90-52(31-43-14-7-4-8-15-43)62(102)83-38-60(101)86-55(70(110)111)32-44-18-24-58(99)57(33-44)97-73(113)96(72(112)94-97)47-19-21-48(22-20-47)114-30-29-85-95-79/h4-8,11,13-15,18-22,24,33,36-37,40-41,49-56,61,80,98-99H,3,9-10,12,16-17,23,25-32,34-35,38-39,74,76H2,1-2H3,(H2,75,100)(H,81,84)(H,83,102)(H,86,101)(H,87,105)(H,88,103)(H,89,108)(H,90,107)(H,91,104)(H,92,109)(H,93,106)(H,94,112)(H,110,111)(H4,77,78,82)/b11-5-,13-6-,45-36-. The number of ether oxygens (including phenoxy) is 1. The molecule has 114 heavy (non-hydrogen) atoms. The fourth-order valence-electron chi connectivity index (χ4n) is 11.3. The van der Waals surface area contributed by atoms with Crippen molar-refractivity contribution in [2.24, 2.45) is 34.0 Å². The predicted octanol–water partition coefficient (Wildman–Crippen LogP) is -3.28. The molecule has 6 rings (SSSR count). The third kappa shape index (κ3) is 28.8. The predicted molar refractivity (Wildman–Crippen MR) is 414 cm³/mol. The zero-order chi connectivity index (χ0) is 83.4. The Bertz CT molecular complexity index is 4450. The summed E-state index contributed by atoms with van der Waals surface area (Å²) in [6, 6.07) is 3.68. The van der Waals surface area contributed by atoms with Gasteiger partial charge in [-0.1, -0.05) is 86.2 Å². The SMILES string of the molecule is C=C1/C=C\C=C/CN/C=C\1CC(NC(=O)C(N)C(C)C)C(=O)NC(CO)C(=O)NC(CCC(N)=O)C(=O)NC(CCCCN)C(=O)NC(CCCNC(=N)N)C(=O)NC(Cc1c[nH]cn1)C(=O)NC(Cc1ccccc1)C(=O)NCC(=O)NC(Cc1ccc(O)c(-n2[nH]c(=O)n(-c3ccc(OCCN=[N+]=[N-])cc3)c2=O)c1)C(=O)O. The number of nitrogens with two attached hydrogens (primary N) is 4. The second kappa shape index (κ2) is 45.7. The number of carbonyl (C=O) groups excluding carboxylic acids is 10. The van der Waals surface area contributed by atoms with E-state index in [4.69, 9.17) is 38.6 Å². The van der Waals surface area contributed by atoms with E-state index in [0.717, 1.165) is 15.3 Å². The third-order valence-electron chi connectivity index (χ3n) is 17.6. The number of guanidine groups is 1. The molecule has 0 radical (unpaired) electrons. The van der Waals surface area contributed by atoms with Crippen LogP contribution in [0.4, 0.5) is 0 Å². The molecule has 0 fully saturated rings. The van der Waals surface area contributed by atoms with Crippen molar-refractivity contribution in [2.75, 3.05) is 45.9 Å². The number of aromatic hydroxyl groups is 1. The van der Waals surface area contributed by atoms with Gasteiger partial charge in [-0.15, -0.1) is 0 Å². The summed E-state index contributed by atoms with van der Waals surface area (Å²) >= 11 is 0. The minimum atomic E-state index is -1.81. The molecule has 3 heterocycles. The lowest BCUT2D eigenvalue weighted by Crippen LogP contribution is -2.61. The molecule has 9 unspecified atom stereocenters. The number of imidazole rings is 1. The summed E-state index contributed by atoms with van der Waals surface area (Å²) in [5, 5.41) is 73.6. The lowest BCUT2D eigenvalue weighted by Gasteiger charge is -2.28. The van der Waals surface area contributed by atoms with E-state index in [-0.39, 0.29) is 99.7 Å². The number of unbranched alkanes of at least 4 members (excludes halogenated alkanes) is 1. The summed E-state index contributed by atoms with van der Waals surface area (Å²) in [5.41, 5.74) is 31.3. The quantitative estimate of drug-likeness (QED) is 0.00454. The Morgan fingerprint density at radius 1 is 0.711 bits per heavy atom. The van der Waals surface area contributed by atoms with Crippen LogP contribution < -0.4 is 97.5 Å². The van der Waals surface area contributed by atoms with E-state index in [2.05, 4.69) is 90.2 Å². The highest BCUT2D eigenvalue weighted by Crippen LogP contribution is 2.24. The molecule has 41 heteroatoms. The molecule has 3 aromatic carbocycles. The third-order valence-corrected chi connectivity index (χ3v) is 17.6. The lowest BCUT2D eigenvalue weighted by molar-refractivity contribution is -0.141. The van der Waals surface area contributed by atoms with E-state index < -0.39 is 175 Å². The number of aromatic amines is 2. The van der Waals surface area contributed by atoms with Gasteiger partial charge in [0, 0.05) is 62.5 Å². The van der Waals surface area contributed by atoms with E-state index in [9.17, 15) is 77.6 Å². The number of carbonyl (C=O) groups is 11. The van der Waals surface area contributed by atoms with Crippen LogP contribution in [0.25, 0.3) is 21.8 Å². The molecule has 1 aliphatic rings. The number of hydrogen-bond donors (Lipinski definition) is 21. The molecule has 9 atom stereocenters. The van der Waals surface area contributed by atoms with Gasteiger partial charge in [-0.3, -0.25) is 53.4 Å². The van der Waals surface area contributed by atoms with Gasteiger partial charge in [0.2, 0.25) is 59.1 Å². The number of aliphatic carboxylic acids is 1. The van der Waals surface area contributed by atoms with Crippen molar-refractivity contribution in [3.05, 3.63) is 182 Å². The van der Waals surface area contributed by atoms with E-state index in [1.165, 1.54) is 48.9 Å². The first kappa shape index (κ1) is 89.5.